The first kappa shape index (κ1) is 34.7. The average molecular weight is 717 g/mol. The van der Waals surface area contributed by atoms with E-state index in [1.54, 1.807) is 60.9 Å². The number of hydrogen-bond acceptors (Lipinski definition) is 12. The van der Waals surface area contributed by atoms with Gasteiger partial charge in [-0.25, -0.2) is 18.4 Å². The number of aromatic nitrogens is 4. The lowest BCUT2D eigenvalue weighted by Gasteiger charge is -2.20. The third kappa shape index (κ3) is 9.64. The molecule has 0 unspecified atom stereocenters. The van der Waals surface area contributed by atoms with Crippen LogP contribution in [0.1, 0.15) is 26.3 Å². The van der Waals surface area contributed by atoms with Crippen molar-refractivity contribution in [2.75, 3.05) is 57.5 Å². The van der Waals surface area contributed by atoms with E-state index in [0.717, 1.165) is 5.56 Å². The lowest BCUT2D eigenvalue weighted by molar-refractivity contribution is 0.197. The molecule has 0 aliphatic carbocycles. The van der Waals surface area contributed by atoms with Crippen molar-refractivity contribution in [3.63, 3.8) is 0 Å². The lowest BCUT2D eigenvalue weighted by atomic mass is 9.87. The summed E-state index contributed by atoms with van der Waals surface area (Å²) in [6.07, 6.45) is 3.13. The number of halogens is 1. The lowest BCUT2D eigenvalue weighted by Crippen LogP contribution is -2.22. The molecule has 0 saturated carbocycles. The zero-order valence-electron chi connectivity index (χ0n) is 26.6. The van der Waals surface area contributed by atoms with E-state index < -0.39 is 10.0 Å². The molecule has 15 heteroatoms. The van der Waals surface area contributed by atoms with E-state index in [-0.39, 0.29) is 52.9 Å². The molecule has 0 radical (unpaired) electrons. The zero-order valence-corrected chi connectivity index (χ0v) is 29.0. The summed E-state index contributed by atoms with van der Waals surface area (Å²) < 4.78 is 54.0. The summed E-state index contributed by atoms with van der Waals surface area (Å²) in [5.41, 5.74) is 0.845. The van der Waals surface area contributed by atoms with Crippen LogP contribution in [0.2, 0.25) is 0 Å². The van der Waals surface area contributed by atoms with Crippen LogP contribution in [0.5, 0.6) is 29.1 Å². The quantitative estimate of drug-likeness (QED) is 0.153. The van der Waals surface area contributed by atoms with E-state index >= 15 is 0 Å². The number of hydrogen-bond donors (Lipinski definition) is 2. The van der Waals surface area contributed by atoms with Gasteiger partial charge in [-0.15, -0.1) is 0 Å². The van der Waals surface area contributed by atoms with Gasteiger partial charge in [-0.3, -0.25) is 4.72 Å². The standard InChI is InChI=1S/C31H38BrN7O6S/c1-31(2,3)21-11-13-23(14-12-21)46(40,41)38-27-26(45-25-10-8-7-9-24(25)42-6)28(37-29(36-27)33-15-16-39(4)5)43-17-18-44-30-34-19-22(32)20-35-30/h7-14,19-20H,15-18H2,1-6H3,(H2,33,36,37,38). The van der Waals surface area contributed by atoms with Gasteiger partial charge in [0.15, 0.2) is 17.3 Å². The summed E-state index contributed by atoms with van der Waals surface area (Å²) in [4.78, 5) is 19.2. The Bertz CT molecular complexity index is 1700. The van der Waals surface area contributed by atoms with Crippen molar-refractivity contribution in [3.05, 3.63) is 71.0 Å². The Morgan fingerprint density at radius 3 is 2.20 bits per heavy atom. The molecule has 13 nitrogen and oxygen atoms in total. The van der Waals surface area contributed by atoms with Crippen molar-refractivity contribution >= 4 is 37.7 Å². The van der Waals surface area contributed by atoms with Crippen molar-refractivity contribution in [1.82, 2.24) is 24.8 Å². The van der Waals surface area contributed by atoms with Crippen LogP contribution in [0.25, 0.3) is 0 Å². The average Bonchev–Trinajstić information content (AvgIpc) is 3.01. The van der Waals surface area contributed by atoms with Crippen LogP contribution in [-0.2, 0) is 15.4 Å². The summed E-state index contributed by atoms with van der Waals surface area (Å²) in [5, 5.41) is 3.13. The predicted octanol–water partition coefficient (Wildman–Crippen LogP) is 5.36. The molecule has 46 heavy (non-hydrogen) atoms. The molecule has 0 saturated heterocycles. The van der Waals surface area contributed by atoms with E-state index in [4.69, 9.17) is 18.9 Å². The van der Waals surface area contributed by atoms with Crippen molar-refractivity contribution in [2.45, 2.75) is 31.1 Å². The van der Waals surface area contributed by atoms with Crippen molar-refractivity contribution in [3.8, 4) is 29.1 Å². The van der Waals surface area contributed by atoms with Gasteiger partial charge in [0, 0.05) is 25.5 Å². The molecule has 246 valence electrons. The largest absolute Gasteiger partial charge is 0.493 e. The Morgan fingerprint density at radius 1 is 0.913 bits per heavy atom. The molecule has 0 fully saturated rings. The van der Waals surface area contributed by atoms with Gasteiger partial charge in [0.2, 0.25) is 11.7 Å². The molecule has 2 aromatic heterocycles. The number of likely N-dealkylation sites (N-methyl/N-ethyl adjacent to an activating group) is 1. The monoisotopic (exact) mass is 715 g/mol. The topological polar surface area (TPSA) is 150 Å². The minimum atomic E-state index is -4.13. The first-order valence-corrected chi connectivity index (χ1v) is 16.6. The highest BCUT2D eigenvalue weighted by Crippen LogP contribution is 2.41. The van der Waals surface area contributed by atoms with Crippen LogP contribution in [0.3, 0.4) is 0 Å². The molecule has 0 spiro atoms. The highest BCUT2D eigenvalue weighted by molar-refractivity contribution is 9.10. The summed E-state index contributed by atoms with van der Waals surface area (Å²) in [6.45, 7) is 7.37. The summed E-state index contributed by atoms with van der Waals surface area (Å²) in [5.74, 6) is 0.583. The van der Waals surface area contributed by atoms with Crippen LogP contribution in [0.4, 0.5) is 11.8 Å². The van der Waals surface area contributed by atoms with Crippen LogP contribution < -0.4 is 29.0 Å². The molecular formula is C31H38BrN7O6S. The molecule has 4 rings (SSSR count). The van der Waals surface area contributed by atoms with Gasteiger partial charge < -0.3 is 29.2 Å². The number of sulfonamides is 1. The number of nitrogens with zero attached hydrogens (tertiary/aromatic N) is 5. The number of ether oxygens (including phenoxy) is 4. The Labute approximate surface area is 277 Å². The van der Waals surface area contributed by atoms with Crippen LogP contribution in [0, 0.1) is 0 Å². The minimum Gasteiger partial charge on any atom is -0.493 e. The number of para-hydroxylation sites is 2. The molecular weight excluding hydrogens is 678 g/mol. The van der Waals surface area contributed by atoms with Crippen molar-refractivity contribution in [2.24, 2.45) is 0 Å². The van der Waals surface area contributed by atoms with E-state index in [1.807, 2.05) is 19.0 Å². The molecule has 2 N–H and O–H groups in total. The van der Waals surface area contributed by atoms with Crippen molar-refractivity contribution < 1.29 is 27.4 Å². The number of benzene rings is 2. The Balaban J connectivity index is 1.72. The Hall–Kier alpha value is -4.21. The van der Waals surface area contributed by atoms with Gasteiger partial charge >= 0.3 is 6.01 Å². The molecule has 4 aromatic rings. The predicted molar refractivity (Wildman–Crippen MR) is 179 cm³/mol. The molecule has 0 amide bonds. The van der Waals surface area contributed by atoms with E-state index in [2.05, 4.69) is 66.7 Å². The number of rotatable bonds is 15. The molecule has 0 bridgehead atoms. The maximum Gasteiger partial charge on any atom is 0.316 e. The first-order valence-electron chi connectivity index (χ1n) is 14.3. The highest BCUT2D eigenvalue weighted by atomic mass is 79.9. The third-order valence-corrected chi connectivity index (χ3v) is 8.13. The van der Waals surface area contributed by atoms with Crippen LogP contribution in [0.15, 0.2) is 70.3 Å². The smallest absolute Gasteiger partial charge is 0.316 e. The zero-order chi connectivity index (χ0) is 33.3. The van der Waals surface area contributed by atoms with Gasteiger partial charge in [0.25, 0.3) is 15.9 Å². The summed E-state index contributed by atoms with van der Waals surface area (Å²) in [7, 11) is 1.24. The number of nitrogens with one attached hydrogen (secondary N) is 2. The maximum atomic E-state index is 13.7. The van der Waals surface area contributed by atoms with E-state index in [1.165, 1.54) is 7.11 Å². The van der Waals surface area contributed by atoms with E-state index in [0.29, 0.717) is 29.1 Å². The molecule has 0 aliphatic rings. The SMILES string of the molecule is COc1ccccc1Oc1c(NS(=O)(=O)c2ccc(C(C)(C)C)cc2)nc(NCCN(C)C)nc1OCCOc1ncc(Br)cn1. The van der Waals surface area contributed by atoms with Gasteiger partial charge in [-0.1, -0.05) is 45.0 Å². The normalized spacial score (nSPS) is 11.7. The van der Waals surface area contributed by atoms with Crippen LogP contribution >= 0.6 is 15.9 Å². The van der Waals surface area contributed by atoms with E-state index in [9.17, 15) is 8.42 Å². The second kappa shape index (κ2) is 15.4. The summed E-state index contributed by atoms with van der Waals surface area (Å²) in [6, 6.07) is 13.8. The fourth-order valence-electron chi connectivity index (χ4n) is 3.94. The minimum absolute atomic E-state index is 0.00366. The van der Waals surface area contributed by atoms with Crippen LogP contribution in [-0.4, -0.2) is 80.8 Å². The Morgan fingerprint density at radius 2 is 1.57 bits per heavy atom. The highest BCUT2D eigenvalue weighted by Gasteiger charge is 2.26. The first-order chi connectivity index (χ1) is 21.9. The van der Waals surface area contributed by atoms with Gasteiger partial charge in [-0.2, -0.15) is 9.97 Å². The van der Waals surface area contributed by atoms with Gasteiger partial charge in [0.1, 0.15) is 13.2 Å². The van der Waals surface area contributed by atoms with Gasteiger partial charge in [-0.05, 0) is 65.3 Å². The van der Waals surface area contributed by atoms with Crippen molar-refractivity contribution in [1.29, 1.82) is 0 Å². The second-order valence-electron chi connectivity index (χ2n) is 11.3. The van der Waals surface area contributed by atoms with Gasteiger partial charge in [0.05, 0.1) is 16.5 Å². The molecule has 2 aromatic carbocycles. The fourth-order valence-corrected chi connectivity index (χ4v) is 5.15. The molecule has 0 aliphatic heterocycles. The molecule has 0 atom stereocenters. The Kier molecular flexibility index (Phi) is 11.6. The number of methoxy groups -OCH3 is 1. The maximum absolute atomic E-state index is 13.7. The summed E-state index contributed by atoms with van der Waals surface area (Å²) >= 11 is 3.29. The fraction of sp³-hybridized carbons (Fsp3) is 0.355. The number of anilines is 2. The second-order valence-corrected chi connectivity index (χ2v) is 13.9. The third-order valence-electron chi connectivity index (χ3n) is 6.37. The molecule has 2 heterocycles.